The van der Waals surface area contributed by atoms with Crippen LogP contribution < -0.4 is 11.1 Å². The Bertz CT molecular complexity index is 684. The Morgan fingerprint density at radius 3 is 2.60 bits per heavy atom. The molecule has 4 nitrogen and oxygen atoms in total. The van der Waals surface area contributed by atoms with Gasteiger partial charge in [0.05, 0.1) is 5.56 Å². The Morgan fingerprint density at radius 1 is 1.20 bits per heavy atom. The van der Waals surface area contributed by atoms with Gasteiger partial charge in [-0.1, -0.05) is 22.0 Å². The first kappa shape index (κ1) is 14.4. The fraction of sp³-hybridized carbons (Fsp3) is 0.133. The number of phenols is 1. The van der Waals surface area contributed by atoms with Crippen LogP contribution in [-0.2, 0) is 0 Å². The molecular formula is C15H15BrN2O2. The van der Waals surface area contributed by atoms with E-state index in [-0.39, 0.29) is 17.2 Å². The fourth-order valence-corrected chi connectivity index (χ4v) is 2.24. The van der Waals surface area contributed by atoms with Crippen molar-refractivity contribution in [1.82, 2.24) is 0 Å². The van der Waals surface area contributed by atoms with Gasteiger partial charge in [0.25, 0.3) is 5.91 Å². The van der Waals surface area contributed by atoms with Crippen molar-refractivity contribution in [3.8, 4) is 5.75 Å². The zero-order valence-corrected chi connectivity index (χ0v) is 12.8. The van der Waals surface area contributed by atoms with Gasteiger partial charge in [-0.25, -0.2) is 0 Å². The van der Waals surface area contributed by atoms with Crippen LogP contribution in [0.15, 0.2) is 34.8 Å². The second kappa shape index (κ2) is 5.54. The monoisotopic (exact) mass is 334 g/mol. The van der Waals surface area contributed by atoms with Gasteiger partial charge in [-0.2, -0.15) is 0 Å². The Morgan fingerprint density at radius 2 is 1.90 bits per heavy atom. The number of rotatable bonds is 2. The maximum atomic E-state index is 12.2. The van der Waals surface area contributed by atoms with E-state index < -0.39 is 0 Å². The number of carbonyl (C=O) groups is 1. The number of amides is 1. The van der Waals surface area contributed by atoms with E-state index in [2.05, 4.69) is 21.2 Å². The first-order chi connectivity index (χ1) is 9.38. The number of hydrogen-bond acceptors (Lipinski definition) is 3. The Balaban J connectivity index is 2.32. The summed E-state index contributed by atoms with van der Waals surface area (Å²) in [4.78, 5) is 12.2. The predicted octanol–water partition coefficient (Wildman–Crippen LogP) is 3.61. The molecule has 0 aliphatic heterocycles. The number of nitrogens with one attached hydrogen (secondary N) is 1. The van der Waals surface area contributed by atoms with E-state index in [1.54, 1.807) is 18.2 Å². The smallest absolute Gasteiger partial charge is 0.259 e. The normalized spacial score (nSPS) is 10.3. The molecule has 0 unspecified atom stereocenters. The van der Waals surface area contributed by atoms with Crippen LogP contribution in [0.3, 0.4) is 0 Å². The summed E-state index contributed by atoms with van der Waals surface area (Å²) in [6, 6.07) is 8.33. The molecule has 20 heavy (non-hydrogen) atoms. The van der Waals surface area contributed by atoms with Gasteiger partial charge in [0.1, 0.15) is 5.75 Å². The molecule has 0 saturated carbocycles. The van der Waals surface area contributed by atoms with Crippen LogP contribution in [0, 0.1) is 13.8 Å². The standard InChI is InChI=1S/C15H15BrN2O2/c1-8-5-9(2)13(7-12(8)17)18-15(20)11-6-10(16)3-4-14(11)19/h3-7,19H,17H2,1-2H3,(H,18,20). The maximum Gasteiger partial charge on any atom is 0.259 e. The van der Waals surface area contributed by atoms with Gasteiger partial charge in [-0.15, -0.1) is 0 Å². The number of aryl methyl sites for hydroxylation is 2. The summed E-state index contributed by atoms with van der Waals surface area (Å²) in [6.45, 7) is 3.80. The van der Waals surface area contributed by atoms with Crippen molar-refractivity contribution < 1.29 is 9.90 Å². The van der Waals surface area contributed by atoms with Gasteiger partial charge in [0.15, 0.2) is 0 Å². The molecule has 0 aromatic heterocycles. The first-order valence-corrected chi connectivity index (χ1v) is 6.84. The molecule has 2 aromatic rings. The van der Waals surface area contributed by atoms with Crippen molar-refractivity contribution >= 4 is 33.2 Å². The summed E-state index contributed by atoms with van der Waals surface area (Å²) in [6.07, 6.45) is 0. The zero-order valence-electron chi connectivity index (χ0n) is 11.2. The molecule has 4 N–H and O–H groups in total. The summed E-state index contributed by atoms with van der Waals surface area (Å²) in [5.41, 5.74) is 9.19. The number of benzene rings is 2. The van der Waals surface area contributed by atoms with Crippen LogP contribution in [0.5, 0.6) is 5.75 Å². The predicted molar refractivity (Wildman–Crippen MR) is 84.1 cm³/mol. The highest BCUT2D eigenvalue weighted by atomic mass is 79.9. The Labute approximate surface area is 125 Å². The van der Waals surface area contributed by atoms with Gasteiger partial charge in [0, 0.05) is 15.8 Å². The van der Waals surface area contributed by atoms with E-state index in [9.17, 15) is 9.90 Å². The number of phenolic OH excluding ortho intramolecular Hbond substituents is 1. The summed E-state index contributed by atoms with van der Waals surface area (Å²) >= 11 is 3.27. The highest BCUT2D eigenvalue weighted by Crippen LogP contribution is 2.26. The van der Waals surface area contributed by atoms with Gasteiger partial charge in [-0.05, 0) is 49.2 Å². The van der Waals surface area contributed by atoms with Crippen LogP contribution >= 0.6 is 15.9 Å². The molecule has 0 aliphatic rings. The third-order valence-corrected chi connectivity index (χ3v) is 3.56. The van der Waals surface area contributed by atoms with E-state index in [4.69, 9.17) is 5.73 Å². The summed E-state index contributed by atoms with van der Waals surface area (Å²) in [5, 5.41) is 12.5. The van der Waals surface area contributed by atoms with Crippen LogP contribution in [0.1, 0.15) is 21.5 Å². The number of halogens is 1. The SMILES string of the molecule is Cc1cc(C)c(NC(=O)c2cc(Br)ccc2O)cc1N. The zero-order chi connectivity index (χ0) is 14.9. The van der Waals surface area contributed by atoms with Crippen molar-refractivity contribution in [1.29, 1.82) is 0 Å². The summed E-state index contributed by atoms with van der Waals surface area (Å²) in [5.74, 6) is -0.446. The van der Waals surface area contributed by atoms with Crippen LogP contribution in [0.2, 0.25) is 0 Å². The van der Waals surface area contributed by atoms with E-state index in [1.807, 2.05) is 19.9 Å². The highest BCUT2D eigenvalue weighted by molar-refractivity contribution is 9.10. The molecule has 0 aliphatic carbocycles. The lowest BCUT2D eigenvalue weighted by Crippen LogP contribution is -2.13. The van der Waals surface area contributed by atoms with Crippen molar-refractivity contribution in [2.24, 2.45) is 0 Å². The highest BCUT2D eigenvalue weighted by Gasteiger charge is 2.13. The summed E-state index contributed by atoms with van der Waals surface area (Å²) in [7, 11) is 0. The minimum atomic E-state index is -0.379. The largest absolute Gasteiger partial charge is 0.507 e. The Kier molecular flexibility index (Phi) is 3.99. The molecule has 2 rings (SSSR count). The van der Waals surface area contributed by atoms with Crippen molar-refractivity contribution in [3.05, 3.63) is 51.5 Å². The van der Waals surface area contributed by atoms with Crippen molar-refractivity contribution in [2.75, 3.05) is 11.1 Å². The molecule has 0 atom stereocenters. The number of anilines is 2. The van der Waals surface area contributed by atoms with E-state index in [0.29, 0.717) is 11.4 Å². The lowest BCUT2D eigenvalue weighted by molar-refractivity contribution is 0.102. The summed E-state index contributed by atoms with van der Waals surface area (Å²) < 4.78 is 0.723. The molecular weight excluding hydrogens is 320 g/mol. The third-order valence-electron chi connectivity index (χ3n) is 3.06. The molecule has 0 spiro atoms. The maximum absolute atomic E-state index is 12.2. The van der Waals surface area contributed by atoms with Crippen LogP contribution in [0.4, 0.5) is 11.4 Å². The van der Waals surface area contributed by atoms with Gasteiger partial charge in [-0.3, -0.25) is 4.79 Å². The van der Waals surface area contributed by atoms with Gasteiger partial charge in [0.2, 0.25) is 0 Å². The molecule has 2 aromatic carbocycles. The first-order valence-electron chi connectivity index (χ1n) is 6.05. The minimum absolute atomic E-state index is 0.0663. The van der Waals surface area contributed by atoms with Crippen molar-refractivity contribution in [3.63, 3.8) is 0 Å². The molecule has 0 heterocycles. The van der Waals surface area contributed by atoms with Crippen molar-refractivity contribution in [2.45, 2.75) is 13.8 Å². The van der Waals surface area contributed by atoms with E-state index in [1.165, 1.54) is 6.07 Å². The number of hydrogen-bond donors (Lipinski definition) is 3. The number of aromatic hydroxyl groups is 1. The molecule has 104 valence electrons. The fourth-order valence-electron chi connectivity index (χ4n) is 1.88. The second-order valence-corrected chi connectivity index (χ2v) is 5.55. The molecule has 0 saturated heterocycles. The average molecular weight is 335 g/mol. The van der Waals surface area contributed by atoms with Crippen LogP contribution in [-0.4, -0.2) is 11.0 Å². The molecule has 0 radical (unpaired) electrons. The quantitative estimate of drug-likeness (QED) is 0.734. The molecule has 0 bridgehead atoms. The van der Waals surface area contributed by atoms with Gasteiger partial charge < -0.3 is 16.2 Å². The third kappa shape index (κ3) is 2.93. The van der Waals surface area contributed by atoms with Gasteiger partial charge >= 0.3 is 0 Å². The number of carbonyl (C=O) groups excluding carboxylic acids is 1. The Hall–Kier alpha value is -2.01. The lowest BCUT2D eigenvalue weighted by atomic mass is 10.1. The van der Waals surface area contributed by atoms with Crippen LogP contribution in [0.25, 0.3) is 0 Å². The van der Waals surface area contributed by atoms with E-state index >= 15 is 0 Å². The second-order valence-electron chi connectivity index (χ2n) is 4.64. The number of nitrogen functional groups attached to an aromatic ring is 1. The number of nitrogens with two attached hydrogens (primary N) is 1. The minimum Gasteiger partial charge on any atom is -0.507 e. The lowest BCUT2D eigenvalue weighted by Gasteiger charge is -2.12. The van der Waals surface area contributed by atoms with E-state index in [0.717, 1.165) is 15.6 Å². The average Bonchev–Trinajstić information content (AvgIpc) is 2.38. The molecule has 5 heteroatoms. The molecule has 1 amide bonds. The topological polar surface area (TPSA) is 75.3 Å². The molecule has 0 fully saturated rings.